The predicted molar refractivity (Wildman–Crippen MR) is 74.1 cm³/mol. The fourth-order valence-corrected chi connectivity index (χ4v) is 2.88. The molecule has 0 saturated heterocycles. The Morgan fingerprint density at radius 3 is 2.71 bits per heavy atom. The molecular weight excluding hydrogens is 278 g/mol. The SMILES string of the molecule is CCc1nc(Br)cc(NC2CCC(C)C2C)n1. The van der Waals surface area contributed by atoms with E-state index in [0.29, 0.717) is 12.0 Å². The van der Waals surface area contributed by atoms with E-state index in [4.69, 9.17) is 0 Å². The highest BCUT2D eigenvalue weighted by atomic mass is 79.9. The summed E-state index contributed by atoms with van der Waals surface area (Å²) in [5.74, 6) is 3.37. The number of nitrogens with zero attached hydrogens (tertiary/aromatic N) is 2. The third-order valence-corrected chi connectivity index (χ3v) is 4.26. The van der Waals surface area contributed by atoms with Crippen LogP contribution in [-0.2, 0) is 6.42 Å². The second-order valence-corrected chi connectivity index (χ2v) is 5.82. The van der Waals surface area contributed by atoms with Gasteiger partial charge in [-0.05, 0) is 40.6 Å². The first kappa shape index (κ1) is 12.8. The Hall–Kier alpha value is -0.640. The molecule has 94 valence electrons. The van der Waals surface area contributed by atoms with E-state index < -0.39 is 0 Å². The van der Waals surface area contributed by atoms with Crippen LogP contribution in [0.2, 0.25) is 0 Å². The monoisotopic (exact) mass is 297 g/mol. The van der Waals surface area contributed by atoms with Crippen molar-refractivity contribution in [3.63, 3.8) is 0 Å². The first-order valence-corrected chi connectivity index (χ1v) is 7.19. The van der Waals surface area contributed by atoms with Crippen molar-refractivity contribution < 1.29 is 0 Å². The summed E-state index contributed by atoms with van der Waals surface area (Å²) in [6.45, 7) is 6.73. The molecule has 1 fully saturated rings. The fourth-order valence-electron chi connectivity index (χ4n) is 2.46. The van der Waals surface area contributed by atoms with Gasteiger partial charge in [-0.3, -0.25) is 0 Å². The van der Waals surface area contributed by atoms with Crippen LogP contribution in [0.5, 0.6) is 0 Å². The zero-order valence-electron chi connectivity index (χ0n) is 10.7. The van der Waals surface area contributed by atoms with Gasteiger partial charge < -0.3 is 5.32 Å². The van der Waals surface area contributed by atoms with E-state index in [9.17, 15) is 0 Å². The highest BCUT2D eigenvalue weighted by molar-refractivity contribution is 9.10. The van der Waals surface area contributed by atoms with Gasteiger partial charge in [-0.1, -0.05) is 20.8 Å². The number of hydrogen-bond donors (Lipinski definition) is 1. The molecule has 4 heteroatoms. The molecule has 3 unspecified atom stereocenters. The average molecular weight is 298 g/mol. The third-order valence-electron chi connectivity index (χ3n) is 3.86. The summed E-state index contributed by atoms with van der Waals surface area (Å²) in [5, 5.41) is 3.56. The summed E-state index contributed by atoms with van der Waals surface area (Å²) in [6.07, 6.45) is 3.42. The lowest BCUT2D eigenvalue weighted by Gasteiger charge is -2.20. The fraction of sp³-hybridized carbons (Fsp3) is 0.692. The van der Waals surface area contributed by atoms with Gasteiger partial charge in [-0.2, -0.15) is 0 Å². The molecule has 0 bridgehead atoms. The first-order chi connectivity index (χ1) is 8.10. The summed E-state index contributed by atoms with van der Waals surface area (Å²) in [7, 11) is 0. The van der Waals surface area contributed by atoms with Crippen molar-refractivity contribution in [1.82, 2.24) is 9.97 Å². The van der Waals surface area contributed by atoms with E-state index in [-0.39, 0.29) is 0 Å². The number of anilines is 1. The topological polar surface area (TPSA) is 37.8 Å². The number of hydrogen-bond acceptors (Lipinski definition) is 3. The Morgan fingerprint density at radius 1 is 1.35 bits per heavy atom. The molecule has 3 atom stereocenters. The molecule has 2 rings (SSSR count). The molecule has 1 aromatic heterocycles. The van der Waals surface area contributed by atoms with E-state index >= 15 is 0 Å². The van der Waals surface area contributed by atoms with Crippen molar-refractivity contribution >= 4 is 21.7 Å². The molecule has 0 amide bonds. The molecule has 0 spiro atoms. The Morgan fingerprint density at radius 2 is 2.12 bits per heavy atom. The van der Waals surface area contributed by atoms with Gasteiger partial charge in [-0.25, -0.2) is 9.97 Å². The lowest BCUT2D eigenvalue weighted by molar-refractivity contribution is 0.435. The number of aromatic nitrogens is 2. The number of nitrogens with one attached hydrogen (secondary N) is 1. The normalized spacial score (nSPS) is 28.4. The van der Waals surface area contributed by atoms with E-state index in [2.05, 4.69) is 52.0 Å². The summed E-state index contributed by atoms with van der Waals surface area (Å²) in [6, 6.07) is 2.52. The Kier molecular flexibility index (Phi) is 4.02. The van der Waals surface area contributed by atoms with Gasteiger partial charge >= 0.3 is 0 Å². The van der Waals surface area contributed by atoms with Crippen molar-refractivity contribution in [2.75, 3.05) is 5.32 Å². The van der Waals surface area contributed by atoms with Gasteiger partial charge in [0.2, 0.25) is 0 Å². The minimum atomic E-state index is 0.552. The van der Waals surface area contributed by atoms with Gasteiger partial charge in [0.05, 0.1) is 0 Å². The number of rotatable bonds is 3. The maximum Gasteiger partial charge on any atom is 0.131 e. The lowest BCUT2D eigenvalue weighted by atomic mass is 9.98. The zero-order chi connectivity index (χ0) is 12.4. The molecule has 0 radical (unpaired) electrons. The Bertz CT molecular complexity index is 394. The second kappa shape index (κ2) is 5.34. The van der Waals surface area contributed by atoms with Gasteiger partial charge in [-0.15, -0.1) is 0 Å². The van der Waals surface area contributed by atoms with Gasteiger partial charge in [0.25, 0.3) is 0 Å². The van der Waals surface area contributed by atoms with Crippen molar-refractivity contribution in [2.45, 2.75) is 46.1 Å². The van der Waals surface area contributed by atoms with E-state index in [1.807, 2.05) is 6.07 Å². The van der Waals surface area contributed by atoms with Crippen LogP contribution < -0.4 is 5.32 Å². The molecule has 1 aliphatic rings. The largest absolute Gasteiger partial charge is 0.367 e. The zero-order valence-corrected chi connectivity index (χ0v) is 12.3. The van der Waals surface area contributed by atoms with Crippen molar-refractivity contribution in [2.24, 2.45) is 11.8 Å². The minimum Gasteiger partial charge on any atom is -0.367 e. The number of aryl methyl sites for hydroxylation is 1. The molecule has 1 N–H and O–H groups in total. The molecular formula is C13H20BrN3. The molecule has 0 aromatic carbocycles. The van der Waals surface area contributed by atoms with Crippen molar-refractivity contribution in [3.05, 3.63) is 16.5 Å². The molecule has 1 aliphatic carbocycles. The van der Waals surface area contributed by atoms with E-state index in [0.717, 1.165) is 28.6 Å². The van der Waals surface area contributed by atoms with Gasteiger partial charge in [0, 0.05) is 18.5 Å². The van der Waals surface area contributed by atoms with Crippen LogP contribution in [0.25, 0.3) is 0 Å². The van der Waals surface area contributed by atoms with Crippen LogP contribution in [0, 0.1) is 11.8 Å². The predicted octanol–water partition coefficient (Wildman–Crippen LogP) is 3.65. The van der Waals surface area contributed by atoms with Gasteiger partial charge in [0.1, 0.15) is 16.2 Å². The smallest absolute Gasteiger partial charge is 0.131 e. The molecule has 1 saturated carbocycles. The molecule has 1 aromatic rings. The lowest BCUT2D eigenvalue weighted by Crippen LogP contribution is -2.24. The van der Waals surface area contributed by atoms with Crippen LogP contribution in [0.3, 0.4) is 0 Å². The van der Waals surface area contributed by atoms with Gasteiger partial charge in [0.15, 0.2) is 0 Å². The highest BCUT2D eigenvalue weighted by Crippen LogP contribution is 2.33. The minimum absolute atomic E-state index is 0.552. The summed E-state index contributed by atoms with van der Waals surface area (Å²) in [5.41, 5.74) is 0. The Balaban J connectivity index is 2.10. The summed E-state index contributed by atoms with van der Waals surface area (Å²) in [4.78, 5) is 8.85. The van der Waals surface area contributed by atoms with Crippen LogP contribution in [0.15, 0.2) is 10.7 Å². The standard InChI is InChI=1S/C13H20BrN3/c1-4-12-16-11(14)7-13(17-12)15-10-6-5-8(2)9(10)3/h7-10H,4-6H2,1-3H3,(H,15,16,17). The quantitative estimate of drug-likeness (QED) is 0.866. The van der Waals surface area contributed by atoms with Crippen LogP contribution in [-0.4, -0.2) is 16.0 Å². The molecule has 0 aliphatic heterocycles. The summed E-state index contributed by atoms with van der Waals surface area (Å²) < 4.78 is 0.866. The van der Waals surface area contributed by atoms with E-state index in [1.165, 1.54) is 12.8 Å². The molecule has 1 heterocycles. The average Bonchev–Trinajstić information content (AvgIpc) is 2.60. The van der Waals surface area contributed by atoms with E-state index in [1.54, 1.807) is 0 Å². The van der Waals surface area contributed by atoms with Crippen molar-refractivity contribution in [1.29, 1.82) is 0 Å². The van der Waals surface area contributed by atoms with Crippen LogP contribution in [0.4, 0.5) is 5.82 Å². The van der Waals surface area contributed by atoms with Crippen molar-refractivity contribution in [3.8, 4) is 0 Å². The number of halogens is 1. The first-order valence-electron chi connectivity index (χ1n) is 6.40. The highest BCUT2D eigenvalue weighted by Gasteiger charge is 2.29. The van der Waals surface area contributed by atoms with Crippen LogP contribution >= 0.6 is 15.9 Å². The Labute approximate surface area is 112 Å². The second-order valence-electron chi connectivity index (χ2n) is 5.01. The molecule has 17 heavy (non-hydrogen) atoms. The van der Waals surface area contributed by atoms with Crippen LogP contribution in [0.1, 0.15) is 39.4 Å². The summed E-state index contributed by atoms with van der Waals surface area (Å²) >= 11 is 3.44. The third kappa shape index (κ3) is 2.97. The maximum atomic E-state index is 4.52. The molecule has 3 nitrogen and oxygen atoms in total. The maximum absolute atomic E-state index is 4.52.